The maximum Gasteiger partial charge on any atom is 0.179 e. The van der Waals surface area contributed by atoms with Crippen LogP contribution in [0.25, 0.3) is 0 Å². The summed E-state index contributed by atoms with van der Waals surface area (Å²) in [7, 11) is 3.12. The van der Waals surface area contributed by atoms with Crippen LogP contribution in [0.5, 0.6) is 11.5 Å². The third-order valence-corrected chi connectivity index (χ3v) is 4.22. The second kappa shape index (κ2) is 9.16. The molecule has 0 bridgehead atoms. The van der Waals surface area contributed by atoms with Crippen LogP contribution in [-0.4, -0.2) is 19.3 Å². The van der Waals surface area contributed by atoms with Crippen molar-refractivity contribution in [2.45, 2.75) is 52.1 Å². The molecule has 1 N–H and O–H groups in total. The van der Waals surface area contributed by atoms with Crippen LogP contribution in [0, 0.1) is 5.92 Å². The smallest absolute Gasteiger partial charge is 0.179 e. The van der Waals surface area contributed by atoms with E-state index in [1.165, 1.54) is 12.8 Å². The minimum Gasteiger partial charge on any atom is -0.493 e. The van der Waals surface area contributed by atoms with Crippen LogP contribution >= 0.6 is 11.6 Å². The van der Waals surface area contributed by atoms with Crippen LogP contribution < -0.4 is 9.47 Å². The molecule has 0 amide bonds. The molecule has 0 aliphatic carbocycles. The minimum atomic E-state index is -0.524. The monoisotopic (exact) mass is 314 g/mol. The van der Waals surface area contributed by atoms with Gasteiger partial charge in [0, 0.05) is 0 Å². The Bertz CT molecular complexity index is 434. The van der Waals surface area contributed by atoms with Gasteiger partial charge < -0.3 is 14.6 Å². The highest BCUT2D eigenvalue weighted by molar-refractivity contribution is 6.32. The van der Waals surface area contributed by atoms with Gasteiger partial charge in [-0.1, -0.05) is 51.1 Å². The highest BCUT2D eigenvalue weighted by Crippen LogP contribution is 2.39. The number of methoxy groups -OCH3 is 2. The van der Waals surface area contributed by atoms with E-state index in [1.54, 1.807) is 20.3 Å². The SMILES string of the molecule is CCCCC(CC)CC(O)c1cc(Cl)c(OC)c(OC)c1. The topological polar surface area (TPSA) is 38.7 Å². The fraction of sp³-hybridized carbons (Fsp3) is 0.647. The summed E-state index contributed by atoms with van der Waals surface area (Å²) < 4.78 is 10.5. The average molecular weight is 315 g/mol. The molecule has 0 aliphatic rings. The van der Waals surface area contributed by atoms with E-state index in [9.17, 15) is 5.11 Å². The van der Waals surface area contributed by atoms with Gasteiger partial charge in [0.2, 0.25) is 0 Å². The molecule has 0 saturated carbocycles. The first-order chi connectivity index (χ1) is 10.1. The van der Waals surface area contributed by atoms with E-state index in [-0.39, 0.29) is 0 Å². The molecule has 2 atom stereocenters. The molecule has 0 fully saturated rings. The van der Waals surface area contributed by atoms with E-state index >= 15 is 0 Å². The highest BCUT2D eigenvalue weighted by Gasteiger charge is 2.18. The molecule has 0 aliphatic heterocycles. The number of aliphatic hydroxyl groups is 1. The quantitative estimate of drug-likeness (QED) is 0.697. The largest absolute Gasteiger partial charge is 0.493 e. The van der Waals surface area contributed by atoms with Crippen molar-refractivity contribution >= 4 is 11.6 Å². The van der Waals surface area contributed by atoms with Crippen molar-refractivity contribution in [2.75, 3.05) is 14.2 Å². The van der Waals surface area contributed by atoms with Gasteiger partial charge in [-0.15, -0.1) is 0 Å². The maximum atomic E-state index is 10.5. The minimum absolute atomic E-state index is 0.465. The summed E-state index contributed by atoms with van der Waals surface area (Å²) in [6.45, 7) is 4.37. The van der Waals surface area contributed by atoms with Crippen molar-refractivity contribution in [3.63, 3.8) is 0 Å². The van der Waals surface area contributed by atoms with Gasteiger partial charge in [0.05, 0.1) is 25.3 Å². The Kier molecular flexibility index (Phi) is 7.91. The Balaban J connectivity index is 2.86. The molecule has 0 heterocycles. The first-order valence-corrected chi connectivity index (χ1v) is 8.04. The number of aliphatic hydroxyl groups excluding tert-OH is 1. The summed E-state index contributed by atoms with van der Waals surface area (Å²) in [6.07, 6.45) is 4.86. The number of ether oxygens (including phenoxy) is 2. The van der Waals surface area contributed by atoms with Crippen molar-refractivity contribution in [3.05, 3.63) is 22.7 Å². The van der Waals surface area contributed by atoms with Gasteiger partial charge in [-0.05, 0) is 30.0 Å². The van der Waals surface area contributed by atoms with Crippen molar-refractivity contribution in [3.8, 4) is 11.5 Å². The zero-order valence-electron chi connectivity index (χ0n) is 13.5. The molecule has 120 valence electrons. The molecule has 0 saturated heterocycles. The molecule has 1 aromatic rings. The fourth-order valence-electron chi connectivity index (χ4n) is 2.56. The van der Waals surface area contributed by atoms with Crippen molar-refractivity contribution < 1.29 is 14.6 Å². The van der Waals surface area contributed by atoms with Gasteiger partial charge in [0.25, 0.3) is 0 Å². The van der Waals surface area contributed by atoms with Crippen molar-refractivity contribution in [1.29, 1.82) is 0 Å². The van der Waals surface area contributed by atoms with E-state index in [2.05, 4.69) is 13.8 Å². The molecule has 21 heavy (non-hydrogen) atoms. The molecule has 1 aromatic carbocycles. The summed E-state index contributed by atoms with van der Waals surface area (Å²) >= 11 is 6.20. The number of benzene rings is 1. The zero-order valence-corrected chi connectivity index (χ0v) is 14.2. The van der Waals surface area contributed by atoms with Gasteiger partial charge >= 0.3 is 0 Å². The number of unbranched alkanes of at least 4 members (excludes halogenated alkanes) is 1. The molecule has 1 rings (SSSR count). The van der Waals surface area contributed by atoms with Gasteiger partial charge in [0.1, 0.15) is 0 Å². The predicted molar refractivity (Wildman–Crippen MR) is 87.4 cm³/mol. The predicted octanol–water partition coefficient (Wildman–Crippen LogP) is 5.00. The zero-order chi connectivity index (χ0) is 15.8. The van der Waals surface area contributed by atoms with E-state index in [0.717, 1.165) is 24.8 Å². The van der Waals surface area contributed by atoms with Gasteiger partial charge in [-0.2, -0.15) is 0 Å². The van der Waals surface area contributed by atoms with Crippen LogP contribution in [0.3, 0.4) is 0 Å². The Morgan fingerprint density at radius 1 is 1.19 bits per heavy atom. The Hall–Kier alpha value is -0.930. The lowest BCUT2D eigenvalue weighted by Gasteiger charge is -2.20. The van der Waals surface area contributed by atoms with Gasteiger partial charge in [-0.3, -0.25) is 0 Å². The van der Waals surface area contributed by atoms with E-state index < -0.39 is 6.10 Å². The van der Waals surface area contributed by atoms with Gasteiger partial charge in [-0.25, -0.2) is 0 Å². The third kappa shape index (κ3) is 5.08. The Morgan fingerprint density at radius 3 is 2.43 bits per heavy atom. The van der Waals surface area contributed by atoms with Crippen LogP contribution in [0.15, 0.2) is 12.1 Å². The van der Waals surface area contributed by atoms with E-state index in [4.69, 9.17) is 21.1 Å². The summed E-state index contributed by atoms with van der Waals surface area (Å²) in [5, 5.41) is 10.9. The maximum absolute atomic E-state index is 10.5. The second-order valence-corrected chi connectivity index (χ2v) is 5.81. The van der Waals surface area contributed by atoms with Crippen molar-refractivity contribution in [1.82, 2.24) is 0 Å². The summed E-state index contributed by atoms with van der Waals surface area (Å²) in [5.41, 5.74) is 0.785. The first-order valence-electron chi connectivity index (χ1n) is 7.66. The Labute approximate surface area is 133 Å². The lowest BCUT2D eigenvalue weighted by Crippen LogP contribution is -2.07. The molecule has 3 nitrogen and oxygen atoms in total. The Morgan fingerprint density at radius 2 is 1.90 bits per heavy atom. The van der Waals surface area contributed by atoms with Crippen LogP contribution in [0.2, 0.25) is 5.02 Å². The lowest BCUT2D eigenvalue weighted by atomic mass is 9.90. The van der Waals surface area contributed by atoms with Crippen LogP contribution in [0.4, 0.5) is 0 Å². The van der Waals surface area contributed by atoms with Gasteiger partial charge in [0.15, 0.2) is 11.5 Å². The number of hydrogen-bond acceptors (Lipinski definition) is 3. The summed E-state index contributed by atoms with van der Waals surface area (Å²) in [5.74, 6) is 1.60. The van der Waals surface area contributed by atoms with Crippen LogP contribution in [0.1, 0.15) is 57.6 Å². The summed E-state index contributed by atoms with van der Waals surface area (Å²) in [4.78, 5) is 0. The van der Waals surface area contributed by atoms with E-state index in [0.29, 0.717) is 22.4 Å². The average Bonchev–Trinajstić information content (AvgIpc) is 2.50. The first kappa shape index (κ1) is 18.1. The fourth-order valence-corrected chi connectivity index (χ4v) is 2.86. The molecule has 0 aromatic heterocycles. The number of halogens is 1. The second-order valence-electron chi connectivity index (χ2n) is 5.41. The molecule has 4 heteroatoms. The normalized spacial score (nSPS) is 13.8. The van der Waals surface area contributed by atoms with Crippen molar-refractivity contribution in [2.24, 2.45) is 5.92 Å². The molecule has 0 spiro atoms. The van der Waals surface area contributed by atoms with Crippen LogP contribution in [-0.2, 0) is 0 Å². The lowest BCUT2D eigenvalue weighted by molar-refractivity contribution is 0.138. The molecular formula is C17H27ClO3. The number of rotatable bonds is 9. The number of hydrogen-bond donors (Lipinski definition) is 1. The highest BCUT2D eigenvalue weighted by atomic mass is 35.5. The molecule has 0 radical (unpaired) electrons. The molecular weight excluding hydrogens is 288 g/mol. The molecule has 2 unspecified atom stereocenters. The third-order valence-electron chi connectivity index (χ3n) is 3.94. The van der Waals surface area contributed by atoms with E-state index in [1.807, 2.05) is 6.07 Å². The standard InChI is InChI=1S/C17H27ClO3/c1-5-7-8-12(6-2)9-15(19)13-10-14(18)17(21-4)16(11-13)20-3/h10-12,15,19H,5-9H2,1-4H3. The summed E-state index contributed by atoms with van der Waals surface area (Å²) in [6, 6.07) is 3.57.